The van der Waals surface area contributed by atoms with Gasteiger partial charge in [-0.05, 0) is 31.0 Å². The highest BCUT2D eigenvalue weighted by Crippen LogP contribution is 2.34. The molecule has 1 unspecified atom stereocenters. The highest BCUT2D eigenvalue weighted by atomic mass is 32.2. The Hall–Kier alpha value is -3.27. The Bertz CT molecular complexity index is 1130. The molecule has 0 bridgehead atoms. The SMILES string of the molecule is CCC(C(=O)NC)N(Cc1ccc(C)cc1)C(=O)CN(c1ccc2c(c1)OCCO2)S(C)(=O)=O. The third-order valence-electron chi connectivity index (χ3n) is 5.60. The van der Waals surface area contributed by atoms with Gasteiger partial charge in [0.1, 0.15) is 25.8 Å². The maximum absolute atomic E-state index is 13.5. The number of nitrogens with zero attached hydrogens (tertiary/aromatic N) is 2. The van der Waals surface area contributed by atoms with Crippen LogP contribution in [0.25, 0.3) is 0 Å². The van der Waals surface area contributed by atoms with Gasteiger partial charge in [0.25, 0.3) is 0 Å². The van der Waals surface area contributed by atoms with Crippen LogP contribution in [0.2, 0.25) is 0 Å². The van der Waals surface area contributed by atoms with Crippen molar-refractivity contribution < 1.29 is 27.5 Å². The average molecular weight is 490 g/mol. The molecule has 0 aromatic heterocycles. The van der Waals surface area contributed by atoms with Gasteiger partial charge < -0.3 is 19.7 Å². The van der Waals surface area contributed by atoms with Crippen LogP contribution in [-0.4, -0.2) is 64.2 Å². The molecule has 10 heteroatoms. The number of hydrogen-bond acceptors (Lipinski definition) is 6. The molecule has 1 N–H and O–H groups in total. The van der Waals surface area contributed by atoms with Gasteiger partial charge in [0, 0.05) is 19.7 Å². The molecule has 9 nitrogen and oxygen atoms in total. The summed E-state index contributed by atoms with van der Waals surface area (Å²) in [6.07, 6.45) is 1.41. The second kappa shape index (κ2) is 10.8. The monoisotopic (exact) mass is 489 g/mol. The number of nitrogens with one attached hydrogen (secondary N) is 1. The van der Waals surface area contributed by atoms with Gasteiger partial charge in [-0.15, -0.1) is 0 Å². The molecule has 0 spiro atoms. The highest BCUT2D eigenvalue weighted by Gasteiger charge is 2.31. The summed E-state index contributed by atoms with van der Waals surface area (Å²) < 4.78 is 37.5. The first kappa shape index (κ1) is 25.4. The van der Waals surface area contributed by atoms with Gasteiger partial charge in [0.05, 0.1) is 11.9 Å². The summed E-state index contributed by atoms with van der Waals surface area (Å²) >= 11 is 0. The molecule has 2 amide bonds. The van der Waals surface area contributed by atoms with Gasteiger partial charge in [-0.3, -0.25) is 13.9 Å². The average Bonchev–Trinajstić information content (AvgIpc) is 2.82. The normalized spacial score (nSPS) is 13.6. The van der Waals surface area contributed by atoms with Crippen molar-refractivity contribution in [3.8, 4) is 11.5 Å². The third kappa shape index (κ3) is 5.99. The first-order valence-electron chi connectivity index (χ1n) is 11.1. The van der Waals surface area contributed by atoms with E-state index in [0.717, 1.165) is 21.7 Å². The fraction of sp³-hybridized carbons (Fsp3) is 0.417. The van der Waals surface area contributed by atoms with Crippen LogP contribution < -0.4 is 19.1 Å². The van der Waals surface area contributed by atoms with Crippen molar-refractivity contribution in [3.63, 3.8) is 0 Å². The van der Waals surface area contributed by atoms with Crippen LogP contribution in [0, 0.1) is 6.92 Å². The van der Waals surface area contributed by atoms with E-state index >= 15 is 0 Å². The Balaban J connectivity index is 1.94. The first-order valence-corrected chi connectivity index (χ1v) is 12.9. The smallest absolute Gasteiger partial charge is 0.244 e. The number of amides is 2. The van der Waals surface area contributed by atoms with Crippen LogP contribution in [0.3, 0.4) is 0 Å². The molecule has 0 saturated heterocycles. The van der Waals surface area contributed by atoms with E-state index in [4.69, 9.17) is 9.47 Å². The molecule has 2 aromatic carbocycles. The lowest BCUT2D eigenvalue weighted by Crippen LogP contribution is -2.51. The number of anilines is 1. The van der Waals surface area contributed by atoms with Crippen molar-refractivity contribution in [3.05, 3.63) is 53.6 Å². The largest absolute Gasteiger partial charge is 0.486 e. The fourth-order valence-electron chi connectivity index (χ4n) is 3.78. The number of hydrogen-bond donors (Lipinski definition) is 1. The molecule has 3 rings (SSSR count). The number of aryl methyl sites for hydroxylation is 1. The van der Waals surface area contributed by atoms with Crippen molar-refractivity contribution in [1.82, 2.24) is 10.2 Å². The zero-order valence-electron chi connectivity index (χ0n) is 19.9. The molecule has 0 saturated carbocycles. The van der Waals surface area contributed by atoms with E-state index in [0.29, 0.717) is 31.1 Å². The highest BCUT2D eigenvalue weighted by molar-refractivity contribution is 7.92. The van der Waals surface area contributed by atoms with Gasteiger partial charge in [0.15, 0.2) is 11.5 Å². The van der Waals surface area contributed by atoms with Crippen LogP contribution in [0.4, 0.5) is 5.69 Å². The second-order valence-electron chi connectivity index (χ2n) is 8.14. The Kier molecular flexibility index (Phi) is 8.03. The number of rotatable bonds is 9. The molecule has 2 aromatic rings. The van der Waals surface area contributed by atoms with E-state index in [-0.39, 0.29) is 18.1 Å². The van der Waals surface area contributed by atoms with E-state index < -0.39 is 28.5 Å². The summed E-state index contributed by atoms with van der Waals surface area (Å²) in [4.78, 5) is 27.5. The number of carbonyl (C=O) groups is 2. The number of ether oxygens (including phenoxy) is 2. The van der Waals surface area contributed by atoms with Gasteiger partial charge >= 0.3 is 0 Å². The van der Waals surface area contributed by atoms with E-state index in [1.54, 1.807) is 18.2 Å². The lowest BCUT2D eigenvalue weighted by molar-refractivity contribution is -0.140. The lowest BCUT2D eigenvalue weighted by atomic mass is 10.1. The number of benzene rings is 2. The quantitative estimate of drug-likeness (QED) is 0.578. The number of carbonyl (C=O) groups excluding carboxylic acids is 2. The molecule has 0 aliphatic carbocycles. The number of fused-ring (bicyclic) bond motifs is 1. The molecular weight excluding hydrogens is 458 g/mol. The summed E-state index contributed by atoms with van der Waals surface area (Å²) in [6.45, 7) is 4.24. The third-order valence-corrected chi connectivity index (χ3v) is 6.74. The minimum atomic E-state index is -3.82. The van der Waals surface area contributed by atoms with E-state index in [1.165, 1.54) is 11.9 Å². The maximum Gasteiger partial charge on any atom is 0.244 e. The zero-order chi connectivity index (χ0) is 24.9. The second-order valence-corrected chi connectivity index (χ2v) is 10.0. The standard InChI is InChI=1S/C24H31N3O6S/c1-5-20(24(29)25-3)26(15-18-8-6-17(2)7-9-18)23(28)16-27(34(4,30)31)19-10-11-21-22(14-19)33-13-12-32-21/h6-11,14,20H,5,12-13,15-16H2,1-4H3,(H,25,29). The minimum absolute atomic E-state index is 0.170. The van der Waals surface area contributed by atoms with Crippen LogP contribution in [0.1, 0.15) is 24.5 Å². The van der Waals surface area contributed by atoms with E-state index in [1.807, 2.05) is 38.1 Å². The lowest BCUT2D eigenvalue weighted by Gasteiger charge is -2.32. The predicted molar refractivity (Wildman–Crippen MR) is 129 cm³/mol. The van der Waals surface area contributed by atoms with Gasteiger partial charge in [-0.25, -0.2) is 8.42 Å². The van der Waals surface area contributed by atoms with E-state index in [9.17, 15) is 18.0 Å². The van der Waals surface area contributed by atoms with Crippen LogP contribution in [0.5, 0.6) is 11.5 Å². The Labute approximate surface area is 200 Å². The molecule has 1 atom stereocenters. The molecule has 34 heavy (non-hydrogen) atoms. The molecule has 1 heterocycles. The number of likely N-dealkylation sites (N-methyl/N-ethyl adjacent to an activating group) is 1. The van der Waals surface area contributed by atoms with Crippen LogP contribution in [-0.2, 0) is 26.2 Å². The zero-order valence-corrected chi connectivity index (χ0v) is 20.7. The molecular formula is C24H31N3O6S. The minimum Gasteiger partial charge on any atom is -0.486 e. The van der Waals surface area contributed by atoms with Crippen molar-refractivity contribution in [2.24, 2.45) is 0 Å². The molecule has 1 aliphatic rings. The molecule has 0 fully saturated rings. The van der Waals surface area contributed by atoms with Gasteiger partial charge in [-0.2, -0.15) is 0 Å². The summed E-state index contributed by atoms with van der Waals surface area (Å²) in [5.74, 6) is 0.129. The van der Waals surface area contributed by atoms with Crippen molar-refractivity contribution >= 4 is 27.5 Å². The van der Waals surface area contributed by atoms with Gasteiger partial charge in [-0.1, -0.05) is 36.8 Å². The first-order chi connectivity index (χ1) is 16.1. The Morgan fingerprint density at radius 1 is 1.06 bits per heavy atom. The van der Waals surface area contributed by atoms with Crippen LogP contribution in [0.15, 0.2) is 42.5 Å². The molecule has 1 aliphatic heterocycles. The van der Waals surface area contributed by atoms with E-state index in [2.05, 4.69) is 5.32 Å². The van der Waals surface area contributed by atoms with Crippen molar-refractivity contribution in [2.45, 2.75) is 32.9 Å². The summed E-state index contributed by atoms with van der Waals surface area (Å²) in [6, 6.07) is 11.6. The predicted octanol–water partition coefficient (Wildman–Crippen LogP) is 2.09. The van der Waals surface area contributed by atoms with Crippen molar-refractivity contribution in [2.75, 3.05) is 37.4 Å². The summed E-state index contributed by atoms with van der Waals surface area (Å²) in [5.41, 5.74) is 2.19. The topological polar surface area (TPSA) is 105 Å². The summed E-state index contributed by atoms with van der Waals surface area (Å²) in [5, 5.41) is 2.60. The Morgan fingerprint density at radius 2 is 1.71 bits per heavy atom. The molecule has 184 valence electrons. The number of sulfonamides is 1. The Morgan fingerprint density at radius 3 is 2.29 bits per heavy atom. The summed E-state index contributed by atoms with van der Waals surface area (Å²) in [7, 11) is -2.31. The maximum atomic E-state index is 13.5. The molecule has 0 radical (unpaired) electrons. The fourth-order valence-corrected chi connectivity index (χ4v) is 4.62. The van der Waals surface area contributed by atoms with Crippen LogP contribution >= 0.6 is 0 Å². The van der Waals surface area contributed by atoms with Gasteiger partial charge in [0.2, 0.25) is 21.8 Å². The van der Waals surface area contributed by atoms with Crippen molar-refractivity contribution in [1.29, 1.82) is 0 Å².